The van der Waals surface area contributed by atoms with Crippen LogP contribution >= 0.6 is 11.6 Å². The Labute approximate surface area is 131 Å². The average molecular weight is 333 g/mol. The maximum atomic E-state index is 11.5. The molecule has 0 heterocycles. The number of carbonyl (C=O) groups excluding carboxylic acids is 1. The molecule has 122 valence electrons. The Morgan fingerprint density at radius 2 is 1.77 bits per heavy atom. The molecule has 0 aliphatic heterocycles. The van der Waals surface area contributed by atoms with Gasteiger partial charge in [0.1, 0.15) is 18.3 Å². The fourth-order valence-corrected chi connectivity index (χ4v) is 1.59. The van der Waals surface area contributed by atoms with E-state index in [1.54, 1.807) is 24.3 Å². The smallest absolute Gasteiger partial charge is 0.271 e. The van der Waals surface area contributed by atoms with Crippen molar-refractivity contribution in [2.45, 2.75) is 24.4 Å². The molecule has 0 spiro atoms. The molecule has 0 bridgehead atoms. The Hall–Kier alpha value is -1.55. The third-order valence-corrected chi connectivity index (χ3v) is 3.03. The van der Waals surface area contributed by atoms with Crippen molar-refractivity contribution in [2.24, 2.45) is 5.10 Å². The number of hydrogen-bond donors (Lipinski definition) is 6. The van der Waals surface area contributed by atoms with Crippen LogP contribution in [-0.4, -0.2) is 68.7 Å². The molecule has 9 heteroatoms. The van der Waals surface area contributed by atoms with Crippen molar-refractivity contribution in [3.05, 3.63) is 34.9 Å². The van der Waals surface area contributed by atoms with E-state index in [1.807, 2.05) is 5.43 Å². The molecule has 6 N–H and O–H groups in total. The van der Waals surface area contributed by atoms with Crippen molar-refractivity contribution in [1.29, 1.82) is 0 Å². The van der Waals surface area contributed by atoms with Crippen LogP contribution in [-0.2, 0) is 4.79 Å². The standard InChI is InChI=1S/C13H17ClN2O6/c14-8-3-1-7(2-4-8)5-15-16-13(22)12(21)11(20)10(19)9(18)6-17/h1-5,9-12,17-21H,6H2,(H,16,22)/b15-5-/t9-,10-,11-,12-/m1/s1. The van der Waals surface area contributed by atoms with Crippen LogP contribution in [0.3, 0.4) is 0 Å². The normalized spacial score (nSPS) is 17.0. The summed E-state index contributed by atoms with van der Waals surface area (Å²) >= 11 is 5.70. The van der Waals surface area contributed by atoms with E-state index in [-0.39, 0.29) is 0 Å². The molecule has 8 nitrogen and oxygen atoms in total. The second-order valence-electron chi connectivity index (χ2n) is 4.46. The minimum atomic E-state index is -2.03. The lowest BCUT2D eigenvalue weighted by molar-refractivity contribution is -0.148. The molecular weight excluding hydrogens is 316 g/mol. The zero-order chi connectivity index (χ0) is 16.7. The van der Waals surface area contributed by atoms with E-state index >= 15 is 0 Å². The zero-order valence-electron chi connectivity index (χ0n) is 11.4. The van der Waals surface area contributed by atoms with Crippen LogP contribution in [0.15, 0.2) is 29.4 Å². The molecule has 1 aromatic carbocycles. The molecule has 1 amide bonds. The number of aliphatic hydroxyl groups is 5. The van der Waals surface area contributed by atoms with E-state index in [0.29, 0.717) is 10.6 Å². The van der Waals surface area contributed by atoms with Gasteiger partial charge in [0, 0.05) is 5.02 Å². The third kappa shape index (κ3) is 5.34. The first-order valence-electron chi connectivity index (χ1n) is 6.28. The van der Waals surface area contributed by atoms with Gasteiger partial charge in [-0.1, -0.05) is 23.7 Å². The van der Waals surface area contributed by atoms with Gasteiger partial charge in [0.05, 0.1) is 12.8 Å². The van der Waals surface area contributed by atoms with Gasteiger partial charge in [0.15, 0.2) is 6.10 Å². The monoisotopic (exact) mass is 332 g/mol. The molecule has 0 radical (unpaired) electrons. The van der Waals surface area contributed by atoms with Gasteiger partial charge in [-0.3, -0.25) is 4.79 Å². The van der Waals surface area contributed by atoms with E-state index < -0.39 is 36.9 Å². The average Bonchev–Trinajstić information content (AvgIpc) is 2.53. The van der Waals surface area contributed by atoms with Gasteiger partial charge >= 0.3 is 0 Å². The van der Waals surface area contributed by atoms with Crippen LogP contribution < -0.4 is 5.43 Å². The Morgan fingerprint density at radius 3 is 2.32 bits per heavy atom. The number of hydrogen-bond acceptors (Lipinski definition) is 7. The predicted octanol–water partition coefficient (Wildman–Crippen LogP) is -1.77. The van der Waals surface area contributed by atoms with Crippen molar-refractivity contribution in [3.63, 3.8) is 0 Å². The van der Waals surface area contributed by atoms with Crippen LogP contribution in [0.25, 0.3) is 0 Å². The highest BCUT2D eigenvalue weighted by Crippen LogP contribution is 2.08. The Morgan fingerprint density at radius 1 is 1.18 bits per heavy atom. The van der Waals surface area contributed by atoms with Crippen molar-refractivity contribution >= 4 is 23.7 Å². The van der Waals surface area contributed by atoms with Crippen LogP contribution in [0, 0.1) is 0 Å². The van der Waals surface area contributed by atoms with Gasteiger partial charge in [-0.15, -0.1) is 0 Å². The van der Waals surface area contributed by atoms with E-state index in [0.717, 1.165) is 0 Å². The summed E-state index contributed by atoms with van der Waals surface area (Å²) in [6.07, 6.45) is -6.29. The van der Waals surface area contributed by atoms with E-state index in [1.165, 1.54) is 6.21 Å². The van der Waals surface area contributed by atoms with Gasteiger partial charge in [0.2, 0.25) is 0 Å². The summed E-state index contributed by atoms with van der Waals surface area (Å²) in [7, 11) is 0. The predicted molar refractivity (Wildman–Crippen MR) is 78.3 cm³/mol. The molecule has 0 saturated carbocycles. The zero-order valence-corrected chi connectivity index (χ0v) is 12.1. The number of aliphatic hydroxyl groups excluding tert-OH is 5. The number of rotatable bonds is 7. The number of halogens is 1. The van der Waals surface area contributed by atoms with Crippen molar-refractivity contribution < 1.29 is 30.3 Å². The number of nitrogens with one attached hydrogen (secondary N) is 1. The first kappa shape index (κ1) is 18.5. The van der Waals surface area contributed by atoms with Gasteiger partial charge < -0.3 is 25.5 Å². The summed E-state index contributed by atoms with van der Waals surface area (Å²) in [5, 5.41) is 50.3. The van der Waals surface area contributed by atoms with E-state index in [2.05, 4.69) is 5.10 Å². The molecule has 22 heavy (non-hydrogen) atoms. The summed E-state index contributed by atoms with van der Waals surface area (Å²) in [6, 6.07) is 6.53. The second-order valence-corrected chi connectivity index (χ2v) is 4.90. The Bertz CT molecular complexity index is 510. The van der Waals surface area contributed by atoms with Crippen LogP contribution in [0.2, 0.25) is 5.02 Å². The van der Waals surface area contributed by atoms with Gasteiger partial charge in [-0.25, -0.2) is 5.43 Å². The van der Waals surface area contributed by atoms with Crippen LogP contribution in [0.1, 0.15) is 5.56 Å². The Balaban J connectivity index is 2.55. The lowest BCUT2D eigenvalue weighted by Crippen LogP contribution is -2.50. The first-order valence-corrected chi connectivity index (χ1v) is 6.66. The van der Waals surface area contributed by atoms with Crippen molar-refractivity contribution in [1.82, 2.24) is 5.43 Å². The summed E-state index contributed by atoms with van der Waals surface area (Å²) < 4.78 is 0. The Kier molecular flexibility index (Phi) is 7.39. The minimum Gasteiger partial charge on any atom is -0.394 e. The largest absolute Gasteiger partial charge is 0.394 e. The highest BCUT2D eigenvalue weighted by molar-refractivity contribution is 6.30. The molecule has 0 saturated heterocycles. The molecule has 0 aliphatic carbocycles. The fraction of sp³-hybridized carbons (Fsp3) is 0.385. The van der Waals surface area contributed by atoms with Crippen molar-refractivity contribution in [2.75, 3.05) is 6.61 Å². The number of hydrazone groups is 1. The maximum Gasteiger partial charge on any atom is 0.271 e. The third-order valence-electron chi connectivity index (χ3n) is 2.78. The molecular formula is C13H17ClN2O6. The summed E-state index contributed by atoms with van der Waals surface area (Å²) in [5.41, 5.74) is 2.61. The quantitative estimate of drug-likeness (QED) is 0.257. The number of nitrogens with zero attached hydrogens (tertiary/aromatic N) is 1. The fourth-order valence-electron chi connectivity index (χ4n) is 1.46. The lowest BCUT2D eigenvalue weighted by atomic mass is 10.0. The molecule has 0 unspecified atom stereocenters. The SMILES string of the molecule is O=C(N/N=C\c1ccc(Cl)cc1)[C@H](O)[C@H](O)[C@H](O)[C@H](O)CO. The van der Waals surface area contributed by atoms with Gasteiger partial charge in [-0.2, -0.15) is 5.10 Å². The highest BCUT2D eigenvalue weighted by Gasteiger charge is 2.34. The second kappa shape index (κ2) is 8.79. The van der Waals surface area contributed by atoms with Crippen molar-refractivity contribution in [3.8, 4) is 0 Å². The summed E-state index contributed by atoms with van der Waals surface area (Å²) in [5.74, 6) is -1.08. The van der Waals surface area contributed by atoms with E-state index in [9.17, 15) is 20.1 Å². The lowest BCUT2D eigenvalue weighted by Gasteiger charge is -2.24. The highest BCUT2D eigenvalue weighted by atomic mass is 35.5. The first-order chi connectivity index (χ1) is 10.4. The number of benzene rings is 1. The topological polar surface area (TPSA) is 143 Å². The van der Waals surface area contributed by atoms with Gasteiger partial charge in [-0.05, 0) is 17.7 Å². The maximum absolute atomic E-state index is 11.5. The number of amides is 1. The molecule has 1 aromatic rings. The van der Waals surface area contributed by atoms with Gasteiger partial charge in [0.25, 0.3) is 5.91 Å². The number of carbonyl (C=O) groups is 1. The van der Waals surface area contributed by atoms with Crippen LogP contribution in [0.4, 0.5) is 0 Å². The molecule has 0 aliphatic rings. The van der Waals surface area contributed by atoms with Crippen LogP contribution in [0.5, 0.6) is 0 Å². The molecule has 1 rings (SSSR count). The summed E-state index contributed by atoms with van der Waals surface area (Å²) in [4.78, 5) is 11.5. The molecule has 4 atom stereocenters. The molecule has 0 aromatic heterocycles. The summed E-state index contributed by atoms with van der Waals surface area (Å²) in [6.45, 7) is -0.832. The minimum absolute atomic E-state index is 0.538. The van der Waals surface area contributed by atoms with E-state index in [4.69, 9.17) is 21.8 Å². The molecule has 0 fully saturated rings.